The Morgan fingerprint density at radius 3 is 2.18 bits per heavy atom. The van der Waals surface area contributed by atoms with Crippen LogP contribution in [0.15, 0.2) is 36.4 Å². The standard InChI is InChI=1S/C53H65F4N7O10S3/c1-9-29-24-52(29,50(68)63-77(71,72)35-13-14-35)61-47(66)39-22-33(25-64(39)49(67)45(51(5,6)7)58-32-20-30(53(55,56)57)19-31(54)21-32)74-41-23-38(59-44-27(4)40(73-8)16-15-36(41)44)48-60-43(26(2)3)42(75-48)17-10-28-18-37(28)46(65)62-76(69,70)34-11-12-34/h15-16,19-21,23,26,28-29,33-35,37,39,45,58H,9-14,17-18,22,24-25H2,1-8H3,(H,61,66)(H,62,65)(H,63,68)/t28-,29?,33-,37+,39+,45-,52-/m1/s1. The normalized spacial score (nSPS) is 23.9. The summed E-state index contributed by atoms with van der Waals surface area (Å²) >= 11 is 1.43. The van der Waals surface area contributed by atoms with E-state index in [9.17, 15) is 48.8 Å². The molecule has 0 bridgehead atoms. The average Bonchev–Trinajstić information content (AvgIpc) is 4.15. The minimum absolute atomic E-state index is 0.00449. The van der Waals surface area contributed by atoms with Crippen LogP contribution in [0.5, 0.6) is 11.5 Å². The minimum atomic E-state index is -4.91. The molecule has 1 aliphatic heterocycles. The number of sulfonamides is 2. The van der Waals surface area contributed by atoms with Gasteiger partial charge < -0.3 is 25.0 Å². The Hall–Kier alpha value is -5.62. The molecule has 2 aromatic carbocycles. The van der Waals surface area contributed by atoms with Crippen LogP contribution in [-0.2, 0) is 51.8 Å². The van der Waals surface area contributed by atoms with E-state index in [0.717, 1.165) is 16.6 Å². The van der Waals surface area contributed by atoms with Gasteiger partial charge >= 0.3 is 6.18 Å². The van der Waals surface area contributed by atoms with Gasteiger partial charge in [0.25, 0.3) is 5.91 Å². The third-order valence-electron chi connectivity index (χ3n) is 15.4. The van der Waals surface area contributed by atoms with E-state index in [4.69, 9.17) is 19.4 Å². The molecular weight excluding hydrogens is 1070 g/mol. The summed E-state index contributed by atoms with van der Waals surface area (Å²) in [6.07, 6.45) is -1.78. The van der Waals surface area contributed by atoms with Gasteiger partial charge in [-0.1, -0.05) is 48.0 Å². The number of hydrogen-bond donors (Lipinski definition) is 4. The van der Waals surface area contributed by atoms with Crippen LogP contribution in [0.2, 0.25) is 0 Å². The second-order valence-corrected chi connectivity index (χ2v) is 27.7. The molecule has 7 atom stereocenters. The first kappa shape index (κ1) is 56.1. The molecule has 24 heteroatoms. The Labute approximate surface area is 449 Å². The van der Waals surface area contributed by atoms with Crippen molar-refractivity contribution >= 4 is 71.6 Å². The lowest BCUT2D eigenvalue weighted by Crippen LogP contribution is -2.58. The van der Waals surface area contributed by atoms with Crippen LogP contribution >= 0.6 is 11.3 Å². The lowest BCUT2D eigenvalue weighted by molar-refractivity contribution is -0.141. The second-order valence-electron chi connectivity index (χ2n) is 22.7. The number of nitrogens with one attached hydrogen (secondary N) is 4. The lowest BCUT2D eigenvalue weighted by Gasteiger charge is -2.36. The molecule has 1 unspecified atom stereocenters. The molecule has 17 nitrogen and oxygen atoms in total. The molecule has 0 spiro atoms. The Balaban J connectivity index is 1.03. The molecule has 9 rings (SSSR count). The van der Waals surface area contributed by atoms with Crippen LogP contribution in [0.25, 0.3) is 21.6 Å². The van der Waals surface area contributed by atoms with Crippen LogP contribution in [0.4, 0.5) is 23.2 Å². The summed E-state index contributed by atoms with van der Waals surface area (Å²) in [5.74, 6) is -4.04. The number of fused-ring (bicyclic) bond motifs is 1. The largest absolute Gasteiger partial charge is 0.496 e. The number of aryl methyl sites for hydroxylation is 2. The van der Waals surface area contributed by atoms with Gasteiger partial charge in [-0.05, 0) is 112 Å². The van der Waals surface area contributed by atoms with Gasteiger partial charge in [-0.15, -0.1) is 11.3 Å². The number of likely N-dealkylation sites (tertiary alicyclic amines) is 1. The van der Waals surface area contributed by atoms with Crippen LogP contribution in [0, 0.1) is 35.9 Å². The van der Waals surface area contributed by atoms with Gasteiger partial charge in [-0.2, -0.15) is 13.2 Å². The van der Waals surface area contributed by atoms with E-state index in [1.54, 1.807) is 45.9 Å². The minimum Gasteiger partial charge on any atom is -0.496 e. The fourth-order valence-electron chi connectivity index (χ4n) is 10.5. The summed E-state index contributed by atoms with van der Waals surface area (Å²) < 4.78 is 124. The van der Waals surface area contributed by atoms with Gasteiger partial charge in [0.1, 0.15) is 51.7 Å². The third kappa shape index (κ3) is 11.9. The molecule has 2 aromatic heterocycles. The highest BCUT2D eigenvalue weighted by molar-refractivity contribution is 7.91. The number of carbonyl (C=O) groups is 4. The first-order valence-corrected chi connectivity index (χ1v) is 30.0. The first-order chi connectivity index (χ1) is 36.0. The number of anilines is 1. The fourth-order valence-corrected chi connectivity index (χ4v) is 14.4. The molecule has 418 valence electrons. The van der Waals surface area contributed by atoms with Gasteiger partial charge in [0.2, 0.25) is 37.8 Å². The van der Waals surface area contributed by atoms with Crippen molar-refractivity contribution in [1.82, 2.24) is 29.6 Å². The summed E-state index contributed by atoms with van der Waals surface area (Å²) in [7, 11) is -6.14. The Bertz CT molecular complexity index is 3250. The summed E-state index contributed by atoms with van der Waals surface area (Å²) in [6, 6.07) is 4.41. The quantitative estimate of drug-likeness (QED) is 0.0618. The van der Waals surface area contributed by atoms with Crippen LogP contribution in [0.1, 0.15) is 127 Å². The van der Waals surface area contributed by atoms with Gasteiger partial charge in [0.15, 0.2) is 0 Å². The number of alkyl halides is 3. The highest BCUT2D eigenvalue weighted by Crippen LogP contribution is 2.48. The Morgan fingerprint density at radius 1 is 0.909 bits per heavy atom. The summed E-state index contributed by atoms with van der Waals surface area (Å²) in [4.78, 5) is 69.1. The molecule has 1 saturated heterocycles. The predicted octanol–water partition coefficient (Wildman–Crippen LogP) is 7.90. The van der Waals surface area contributed by atoms with Crippen molar-refractivity contribution in [3.63, 3.8) is 0 Å². The highest BCUT2D eigenvalue weighted by Gasteiger charge is 2.62. The molecule has 4 N–H and O–H groups in total. The van der Waals surface area contributed by atoms with Crippen molar-refractivity contribution in [3.8, 4) is 22.2 Å². The molecule has 5 aliphatic rings. The first-order valence-electron chi connectivity index (χ1n) is 26.1. The monoisotopic (exact) mass is 1130 g/mol. The van der Waals surface area contributed by atoms with Gasteiger partial charge in [-0.3, -0.25) is 28.6 Å². The summed E-state index contributed by atoms with van der Waals surface area (Å²) in [5, 5.41) is 5.55. The number of rotatable bonds is 20. The number of halogens is 4. The molecule has 0 radical (unpaired) electrons. The number of aromatic nitrogens is 2. The highest BCUT2D eigenvalue weighted by atomic mass is 32.2. The molecule has 4 aromatic rings. The van der Waals surface area contributed by atoms with E-state index in [0.29, 0.717) is 102 Å². The Kier molecular flexibility index (Phi) is 15.0. The SMILES string of the molecule is CCC1C[C@]1(NC(=O)[C@@H]1C[C@@H](Oc2cc(-c3nc(C(C)C)c(CC[C@@H]4C[C@@H]4C(=O)NS(=O)(=O)C4CC4)s3)nc3c(C)c(OC)ccc23)CN1C(=O)[C@@H](Nc1cc(F)cc(C(F)(F)F)c1)C(C)(C)C)C(=O)NS(=O)(=O)C1CC1. The smallest absolute Gasteiger partial charge is 0.416 e. The number of amides is 4. The van der Waals surface area contributed by atoms with E-state index in [-0.39, 0.29) is 42.8 Å². The van der Waals surface area contributed by atoms with Crippen molar-refractivity contribution in [1.29, 1.82) is 0 Å². The number of ether oxygens (including phenoxy) is 2. The third-order valence-corrected chi connectivity index (χ3v) is 20.2. The van der Waals surface area contributed by atoms with Crippen LogP contribution in [0.3, 0.4) is 0 Å². The van der Waals surface area contributed by atoms with E-state index >= 15 is 4.79 Å². The van der Waals surface area contributed by atoms with Crippen molar-refractivity contribution in [3.05, 3.63) is 63.9 Å². The lowest BCUT2D eigenvalue weighted by atomic mass is 9.85. The number of methoxy groups -OCH3 is 1. The Morgan fingerprint density at radius 2 is 1.58 bits per heavy atom. The zero-order chi connectivity index (χ0) is 55.9. The van der Waals surface area contributed by atoms with Crippen LogP contribution in [-0.4, -0.2) is 103 Å². The van der Waals surface area contributed by atoms with Crippen LogP contribution < -0.4 is 29.6 Å². The van der Waals surface area contributed by atoms with E-state index in [1.807, 2.05) is 20.8 Å². The number of hydrogen-bond acceptors (Lipinski definition) is 14. The summed E-state index contributed by atoms with van der Waals surface area (Å²) in [6.45, 7) is 12.4. The molecule has 4 aliphatic carbocycles. The summed E-state index contributed by atoms with van der Waals surface area (Å²) in [5.41, 5.74) is -1.83. The predicted molar refractivity (Wildman–Crippen MR) is 280 cm³/mol. The maximum atomic E-state index is 15.1. The van der Waals surface area contributed by atoms with E-state index in [2.05, 4.69) is 20.1 Å². The molecular formula is C53H65F4N7O10S3. The van der Waals surface area contributed by atoms with Gasteiger partial charge in [-0.25, -0.2) is 31.2 Å². The number of benzene rings is 2. The van der Waals surface area contributed by atoms with Crippen molar-refractivity contribution in [2.24, 2.45) is 23.2 Å². The maximum Gasteiger partial charge on any atom is 0.416 e. The number of nitrogens with zero attached hydrogens (tertiary/aromatic N) is 3. The fraction of sp³-hybridized carbons (Fsp3) is 0.585. The zero-order valence-corrected chi connectivity index (χ0v) is 46.5. The van der Waals surface area contributed by atoms with E-state index in [1.165, 1.54) is 23.3 Å². The maximum absolute atomic E-state index is 15.1. The second kappa shape index (κ2) is 20.6. The molecule has 4 saturated carbocycles. The number of pyridine rings is 1. The molecule has 5 fully saturated rings. The van der Waals surface area contributed by atoms with Crippen molar-refractivity contribution < 1.29 is 63.0 Å². The number of thiazole rings is 1. The zero-order valence-electron chi connectivity index (χ0n) is 44.1. The number of carbonyl (C=O) groups excluding carboxylic acids is 4. The average molecular weight is 1130 g/mol. The van der Waals surface area contributed by atoms with Crippen molar-refractivity contribution in [2.45, 2.75) is 159 Å². The molecule has 77 heavy (non-hydrogen) atoms. The van der Waals surface area contributed by atoms with E-state index < -0.39 is 107 Å². The van der Waals surface area contributed by atoms with Crippen molar-refractivity contribution in [2.75, 3.05) is 19.0 Å². The molecule has 4 amide bonds. The topological polar surface area (TPSA) is 232 Å². The molecule has 3 heterocycles. The van der Waals surface area contributed by atoms with Gasteiger partial charge in [0, 0.05) is 39.9 Å². The van der Waals surface area contributed by atoms with Gasteiger partial charge in [0.05, 0.1) is 40.9 Å².